The monoisotopic (exact) mass is 267 g/mol. The van der Waals surface area contributed by atoms with Crippen molar-refractivity contribution in [2.24, 2.45) is 5.73 Å². The first kappa shape index (κ1) is 13.2. The van der Waals surface area contributed by atoms with Crippen LogP contribution in [0.15, 0.2) is 30.3 Å². The molecule has 3 rings (SSSR count). The van der Waals surface area contributed by atoms with E-state index >= 15 is 0 Å². The minimum absolute atomic E-state index is 0.403. The highest BCUT2D eigenvalue weighted by molar-refractivity contribution is 5.81. The van der Waals surface area contributed by atoms with E-state index in [-0.39, 0.29) is 0 Å². The Morgan fingerprint density at radius 2 is 1.90 bits per heavy atom. The molecule has 0 radical (unpaired) electrons. The maximum absolute atomic E-state index is 5.84. The summed E-state index contributed by atoms with van der Waals surface area (Å²) in [6.45, 7) is 5.07. The van der Waals surface area contributed by atoms with Crippen LogP contribution in [-0.2, 0) is 0 Å². The molecule has 0 spiro atoms. The van der Waals surface area contributed by atoms with Crippen molar-refractivity contribution in [3.63, 3.8) is 0 Å². The number of nitrogens with two attached hydrogens (primary N) is 1. The molecule has 2 N–H and O–H groups in total. The van der Waals surface area contributed by atoms with E-state index in [1.165, 1.54) is 33.4 Å². The molecule has 0 aromatic heterocycles. The van der Waals surface area contributed by atoms with Crippen LogP contribution in [0.5, 0.6) is 5.75 Å². The first-order valence-electron chi connectivity index (χ1n) is 7.15. The Balaban J connectivity index is 2.25. The van der Waals surface area contributed by atoms with Gasteiger partial charge >= 0.3 is 0 Å². The third-order valence-corrected chi connectivity index (χ3v) is 4.26. The van der Waals surface area contributed by atoms with E-state index in [9.17, 15) is 0 Å². The van der Waals surface area contributed by atoms with Gasteiger partial charge in [-0.25, -0.2) is 0 Å². The molecule has 2 nitrogen and oxygen atoms in total. The van der Waals surface area contributed by atoms with Crippen molar-refractivity contribution in [2.45, 2.75) is 26.2 Å². The molecule has 1 aliphatic carbocycles. The second kappa shape index (κ2) is 4.95. The molecule has 0 saturated heterocycles. The van der Waals surface area contributed by atoms with E-state index in [2.05, 4.69) is 38.1 Å². The molecule has 0 fully saturated rings. The third kappa shape index (κ3) is 1.92. The Kier molecular flexibility index (Phi) is 3.27. The van der Waals surface area contributed by atoms with Crippen molar-refractivity contribution in [2.75, 3.05) is 13.7 Å². The maximum atomic E-state index is 5.84. The van der Waals surface area contributed by atoms with Crippen LogP contribution in [0.1, 0.15) is 34.6 Å². The van der Waals surface area contributed by atoms with Gasteiger partial charge in [0.2, 0.25) is 0 Å². The normalized spacial score (nSPS) is 15.9. The van der Waals surface area contributed by atoms with Crippen LogP contribution >= 0.6 is 0 Å². The Morgan fingerprint density at radius 3 is 2.60 bits per heavy atom. The smallest absolute Gasteiger partial charge is 0.119 e. The van der Waals surface area contributed by atoms with Crippen LogP contribution in [0.4, 0.5) is 0 Å². The lowest BCUT2D eigenvalue weighted by molar-refractivity contribution is 0.414. The average molecular weight is 267 g/mol. The van der Waals surface area contributed by atoms with Crippen molar-refractivity contribution in [3.8, 4) is 16.9 Å². The predicted octanol–water partition coefficient (Wildman–Crippen LogP) is 3.77. The summed E-state index contributed by atoms with van der Waals surface area (Å²) < 4.78 is 5.39. The van der Waals surface area contributed by atoms with Crippen molar-refractivity contribution in [1.29, 1.82) is 0 Å². The highest BCUT2D eigenvalue weighted by Gasteiger charge is 2.30. The van der Waals surface area contributed by atoms with Crippen molar-refractivity contribution < 1.29 is 4.74 Å². The van der Waals surface area contributed by atoms with Crippen LogP contribution in [-0.4, -0.2) is 13.7 Å². The molecule has 0 amide bonds. The minimum Gasteiger partial charge on any atom is -0.497 e. The standard InChI is InChI=1S/C18H21NO/c1-11-8-12(2)18-15(6-7-19)16-10-13(20-3)4-5-14(16)17(18)9-11/h4-5,8-10,15H,6-7,19H2,1-3H3. The highest BCUT2D eigenvalue weighted by Crippen LogP contribution is 2.48. The molecule has 2 heteroatoms. The van der Waals surface area contributed by atoms with Crippen LogP contribution in [0.25, 0.3) is 11.1 Å². The summed E-state index contributed by atoms with van der Waals surface area (Å²) in [6, 6.07) is 11.0. The number of ether oxygens (including phenoxy) is 1. The molecule has 104 valence electrons. The summed E-state index contributed by atoms with van der Waals surface area (Å²) in [5, 5.41) is 0. The molecule has 0 heterocycles. The topological polar surface area (TPSA) is 35.2 Å². The van der Waals surface area contributed by atoms with E-state index < -0.39 is 0 Å². The van der Waals surface area contributed by atoms with Gasteiger partial charge in [-0.1, -0.05) is 23.8 Å². The van der Waals surface area contributed by atoms with E-state index in [0.29, 0.717) is 12.5 Å². The molecule has 0 aliphatic heterocycles. The Bertz CT molecular complexity index is 661. The van der Waals surface area contributed by atoms with Crippen LogP contribution < -0.4 is 10.5 Å². The van der Waals surface area contributed by atoms with Gasteiger partial charge in [-0.15, -0.1) is 0 Å². The van der Waals surface area contributed by atoms with Gasteiger partial charge in [0.1, 0.15) is 5.75 Å². The lowest BCUT2D eigenvalue weighted by Crippen LogP contribution is -2.07. The first-order chi connectivity index (χ1) is 9.65. The van der Waals surface area contributed by atoms with Crippen molar-refractivity contribution >= 4 is 0 Å². The largest absolute Gasteiger partial charge is 0.497 e. The van der Waals surface area contributed by atoms with Crippen LogP contribution in [0.3, 0.4) is 0 Å². The zero-order valence-corrected chi connectivity index (χ0v) is 12.4. The van der Waals surface area contributed by atoms with Gasteiger partial charge in [-0.05, 0) is 66.8 Å². The molecular weight excluding hydrogens is 246 g/mol. The SMILES string of the molecule is COc1ccc2c(c1)C(CCN)c1c(C)cc(C)cc1-2. The molecule has 20 heavy (non-hydrogen) atoms. The van der Waals surface area contributed by atoms with E-state index in [1.807, 2.05) is 6.07 Å². The van der Waals surface area contributed by atoms with Gasteiger partial charge in [0.25, 0.3) is 0 Å². The quantitative estimate of drug-likeness (QED) is 0.918. The second-order valence-electron chi connectivity index (χ2n) is 5.63. The van der Waals surface area contributed by atoms with E-state index in [1.54, 1.807) is 7.11 Å². The average Bonchev–Trinajstić information content (AvgIpc) is 2.73. The lowest BCUT2D eigenvalue weighted by Gasteiger charge is -2.15. The van der Waals surface area contributed by atoms with Crippen LogP contribution in [0.2, 0.25) is 0 Å². The second-order valence-corrected chi connectivity index (χ2v) is 5.63. The summed E-state index contributed by atoms with van der Waals surface area (Å²) in [5.41, 5.74) is 14.0. The molecule has 1 aliphatic rings. The van der Waals surface area contributed by atoms with Crippen LogP contribution in [0, 0.1) is 13.8 Å². The Hall–Kier alpha value is -1.80. The molecule has 2 aromatic rings. The van der Waals surface area contributed by atoms with Gasteiger partial charge < -0.3 is 10.5 Å². The first-order valence-corrected chi connectivity index (χ1v) is 7.15. The number of hydrogen-bond donors (Lipinski definition) is 1. The summed E-state index contributed by atoms with van der Waals surface area (Å²) in [5.74, 6) is 1.33. The number of fused-ring (bicyclic) bond motifs is 3. The molecule has 0 bridgehead atoms. The number of hydrogen-bond acceptors (Lipinski definition) is 2. The van der Waals surface area contributed by atoms with Gasteiger partial charge in [-0.3, -0.25) is 0 Å². The van der Waals surface area contributed by atoms with Gasteiger partial charge in [0, 0.05) is 5.92 Å². The molecule has 0 saturated carbocycles. The maximum Gasteiger partial charge on any atom is 0.119 e. The Morgan fingerprint density at radius 1 is 1.10 bits per heavy atom. The summed E-state index contributed by atoms with van der Waals surface area (Å²) in [6.07, 6.45) is 0.983. The molecule has 1 atom stereocenters. The van der Waals surface area contributed by atoms with Gasteiger partial charge in [-0.2, -0.15) is 0 Å². The molecular formula is C18H21NO. The van der Waals surface area contributed by atoms with E-state index in [4.69, 9.17) is 10.5 Å². The zero-order valence-electron chi connectivity index (χ0n) is 12.4. The fraction of sp³-hybridized carbons (Fsp3) is 0.333. The predicted molar refractivity (Wildman–Crippen MR) is 83.4 cm³/mol. The Labute approximate surface area is 120 Å². The number of aryl methyl sites for hydroxylation is 2. The molecule has 2 aromatic carbocycles. The zero-order chi connectivity index (χ0) is 14.3. The van der Waals surface area contributed by atoms with Gasteiger partial charge in [0.15, 0.2) is 0 Å². The minimum atomic E-state index is 0.403. The fourth-order valence-electron chi connectivity index (χ4n) is 3.49. The third-order valence-electron chi connectivity index (χ3n) is 4.26. The number of rotatable bonds is 3. The fourth-order valence-corrected chi connectivity index (χ4v) is 3.49. The number of methoxy groups -OCH3 is 1. The van der Waals surface area contributed by atoms with Gasteiger partial charge in [0.05, 0.1) is 7.11 Å². The summed E-state index contributed by atoms with van der Waals surface area (Å²) in [4.78, 5) is 0. The lowest BCUT2D eigenvalue weighted by atomic mass is 9.90. The summed E-state index contributed by atoms with van der Waals surface area (Å²) in [7, 11) is 1.72. The summed E-state index contributed by atoms with van der Waals surface area (Å²) >= 11 is 0. The van der Waals surface area contributed by atoms with E-state index in [0.717, 1.165) is 12.2 Å². The number of benzene rings is 2. The van der Waals surface area contributed by atoms with Crippen molar-refractivity contribution in [3.05, 3.63) is 52.6 Å². The van der Waals surface area contributed by atoms with Crippen molar-refractivity contribution in [1.82, 2.24) is 0 Å². The molecule has 1 unspecified atom stereocenters. The highest BCUT2D eigenvalue weighted by atomic mass is 16.5.